The summed E-state index contributed by atoms with van der Waals surface area (Å²) in [4.78, 5) is 12.4. The van der Waals surface area contributed by atoms with Crippen molar-refractivity contribution in [2.45, 2.75) is 37.5 Å². The largest absolute Gasteiger partial charge is 0.394 e. The Labute approximate surface area is 141 Å². The minimum atomic E-state index is -1.26. The Morgan fingerprint density at radius 3 is 2.71 bits per heavy atom. The van der Waals surface area contributed by atoms with E-state index < -0.39 is 31.1 Å². The Morgan fingerprint density at radius 2 is 2.08 bits per heavy atom. The number of ether oxygens (including phenoxy) is 1. The number of aliphatic hydroxyl groups excluding tert-OH is 4. The molecule has 3 heterocycles. The molecule has 0 aliphatic carbocycles. The molecule has 1 aliphatic heterocycles. The maximum Gasteiger partial charge on any atom is 0.226 e. The SMILES string of the molecule is C[C@H](CO)Nc1nc(Cl)nc2c1ncn2[C@@H]1O[C@H](CO)C(O)C1O. The number of hydrogen-bond donors (Lipinski definition) is 5. The summed E-state index contributed by atoms with van der Waals surface area (Å²) in [5.41, 5.74) is 0.662. The zero-order valence-corrected chi connectivity index (χ0v) is 13.5. The molecule has 5 atom stereocenters. The van der Waals surface area contributed by atoms with Crippen molar-refractivity contribution in [1.29, 1.82) is 0 Å². The predicted octanol–water partition coefficient (Wildman–Crippen LogP) is -1.12. The van der Waals surface area contributed by atoms with Crippen molar-refractivity contribution >= 4 is 28.6 Å². The Morgan fingerprint density at radius 1 is 1.33 bits per heavy atom. The van der Waals surface area contributed by atoms with E-state index in [9.17, 15) is 15.3 Å². The third-order valence-corrected chi connectivity index (χ3v) is 4.01. The van der Waals surface area contributed by atoms with Crippen LogP contribution in [0.4, 0.5) is 5.82 Å². The van der Waals surface area contributed by atoms with E-state index in [-0.39, 0.29) is 23.6 Å². The highest BCUT2D eigenvalue weighted by Crippen LogP contribution is 2.32. The van der Waals surface area contributed by atoms with Gasteiger partial charge >= 0.3 is 0 Å². The van der Waals surface area contributed by atoms with Crippen LogP contribution in [0.3, 0.4) is 0 Å². The molecule has 2 unspecified atom stereocenters. The van der Waals surface area contributed by atoms with E-state index in [1.54, 1.807) is 6.92 Å². The molecule has 1 saturated heterocycles. The summed E-state index contributed by atoms with van der Waals surface area (Å²) >= 11 is 5.95. The Balaban J connectivity index is 2.02. The molecule has 0 radical (unpaired) electrons. The number of rotatable bonds is 5. The van der Waals surface area contributed by atoms with Crippen molar-refractivity contribution in [2.75, 3.05) is 18.5 Å². The third-order valence-electron chi connectivity index (χ3n) is 3.84. The highest BCUT2D eigenvalue weighted by Gasteiger charge is 2.44. The van der Waals surface area contributed by atoms with Gasteiger partial charge in [0, 0.05) is 6.04 Å². The van der Waals surface area contributed by atoms with E-state index in [1.807, 2.05) is 0 Å². The molecule has 2 aromatic rings. The van der Waals surface area contributed by atoms with Crippen LogP contribution in [0.2, 0.25) is 5.28 Å². The average Bonchev–Trinajstić information content (AvgIpc) is 3.09. The molecule has 2 aromatic heterocycles. The first kappa shape index (κ1) is 17.3. The van der Waals surface area contributed by atoms with Gasteiger partial charge in [0.25, 0.3) is 0 Å². The normalized spacial score (nSPS) is 28.4. The lowest BCUT2D eigenvalue weighted by atomic mass is 10.1. The highest BCUT2D eigenvalue weighted by atomic mass is 35.5. The van der Waals surface area contributed by atoms with Crippen LogP contribution in [0, 0.1) is 0 Å². The predicted molar refractivity (Wildman–Crippen MR) is 83.5 cm³/mol. The van der Waals surface area contributed by atoms with Crippen LogP contribution in [0.25, 0.3) is 11.2 Å². The first-order valence-corrected chi connectivity index (χ1v) is 7.74. The molecule has 1 fully saturated rings. The van der Waals surface area contributed by atoms with Gasteiger partial charge in [-0.1, -0.05) is 0 Å². The van der Waals surface area contributed by atoms with E-state index in [4.69, 9.17) is 21.4 Å². The number of imidazole rings is 1. The van der Waals surface area contributed by atoms with Crippen molar-refractivity contribution in [3.63, 3.8) is 0 Å². The Bertz CT molecular complexity index is 728. The van der Waals surface area contributed by atoms with Crippen LogP contribution in [0.15, 0.2) is 6.33 Å². The first-order valence-electron chi connectivity index (χ1n) is 7.36. The molecule has 24 heavy (non-hydrogen) atoms. The summed E-state index contributed by atoms with van der Waals surface area (Å²) in [6, 6.07) is -0.279. The number of fused-ring (bicyclic) bond motifs is 1. The topological polar surface area (TPSA) is 146 Å². The summed E-state index contributed by atoms with van der Waals surface area (Å²) in [7, 11) is 0. The van der Waals surface area contributed by atoms with Gasteiger partial charge in [0.1, 0.15) is 18.3 Å². The van der Waals surface area contributed by atoms with Gasteiger partial charge in [-0.2, -0.15) is 9.97 Å². The molecule has 11 heteroatoms. The molecule has 0 aromatic carbocycles. The van der Waals surface area contributed by atoms with Gasteiger partial charge in [0.2, 0.25) is 5.28 Å². The molecule has 0 bridgehead atoms. The second-order valence-electron chi connectivity index (χ2n) is 5.62. The van der Waals surface area contributed by atoms with Crippen LogP contribution in [-0.4, -0.2) is 77.5 Å². The average molecular weight is 360 g/mol. The van der Waals surface area contributed by atoms with Gasteiger partial charge in [-0.05, 0) is 18.5 Å². The van der Waals surface area contributed by atoms with Crippen molar-refractivity contribution < 1.29 is 25.2 Å². The Kier molecular flexibility index (Phi) is 4.85. The van der Waals surface area contributed by atoms with Gasteiger partial charge in [-0.25, -0.2) is 4.98 Å². The van der Waals surface area contributed by atoms with Crippen LogP contribution in [0.5, 0.6) is 0 Å². The lowest BCUT2D eigenvalue weighted by molar-refractivity contribution is -0.0511. The van der Waals surface area contributed by atoms with Crippen LogP contribution in [-0.2, 0) is 4.74 Å². The standard InChI is InChI=1S/C13H18ClN5O5/c1-5(2-20)16-10-7-11(18-13(14)17-10)19(4-15-7)12-9(23)8(22)6(3-21)24-12/h4-6,8-9,12,20-23H,2-3H2,1H3,(H,16,17,18)/t5-,6-,8?,9?,12-/m1/s1. The molecule has 0 spiro atoms. The molecular weight excluding hydrogens is 342 g/mol. The molecule has 3 rings (SSSR count). The Hall–Kier alpha value is -1.56. The number of anilines is 1. The number of nitrogens with zero attached hydrogens (tertiary/aromatic N) is 4. The van der Waals surface area contributed by atoms with Crippen LogP contribution >= 0.6 is 11.6 Å². The molecule has 5 N–H and O–H groups in total. The number of nitrogens with one attached hydrogen (secondary N) is 1. The molecule has 0 amide bonds. The van der Waals surface area contributed by atoms with Crippen LogP contribution in [0.1, 0.15) is 13.2 Å². The monoisotopic (exact) mass is 359 g/mol. The number of hydrogen-bond acceptors (Lipinski definition) is 9. The summed E-state index contributed by atoms with van der Waals surface area (Å²) in [5, 5.41) is 41.3. The van der Waals surface area contributed by atoms with Gasteiger partial charge in [0.15, 0.2) is 23.2 Å². The van der Waals surface area contributed by atoms with Crippen molar-refractivity contribution in [2.24, 2.45) is 0 Å². The van der Waals surface area contributed by atoms with Gasteiger partial charge in [-0.3, -0.25) is 4.57 Å². The third kappa shape index (κ3) is 2.92. The zero-order valence-electron chi connectivity index (χ0n) is 12.7. The first-order chi connectivity index (χ1) is 11.5. The number of aromatic nitrogens is 4. The highest BCUT2D eigenvalue weighted by molar-refractivity contribution is 6.28. The summed E-state index contributed by atoms with van der Waals surface area (Å²) in [5.74, 6) is 0.331. The fourth-order valence-electron chi connectivity index (χ4n) is 2.57. The van der Waals surface area contributed by atoms with Crippen molar-refractivity contribution in [3.05, 3.63) is 11.6 Å². The minimum Gasteiger partial charge on any atom is -0.394 e. The molecular formula is C13H18ClN5O5. The van der Waals surface area contributed by atoms with Crippen LogP contribution < -0.4 is 5.32 Å². The number of halogens is 1. The maximum atomic E-state index is 10.2. The molecule has 132 valence electrons. The van der Waals surface area contributed by atoms with Gasteiger partial charge < -0.3 is 30.5 Å². The van der Waals surface area contributed by atoms with E-state index >= 15 is 0 Å². The second-order valence-corrected chi connectivity index (χ2v) is 5.96. The quantitative estimate of drug-likeness (QED) is 0.419. The minimum absolute atomic E-state index is 0.0522. The zero-order chi connectivity index (χ0) is 17.4. The maximum absolute atomic E-state index is 10.2. The van der Waals surface area contributed by atoms with Crippen molar-refractivity contribution in [1.82, 2.24) is 19.5 Å². The summed E-state index contributed by atoms with van der Waals surface area (Å²) in [6.07, 6.45) is -3.00. The summed E-state index contributed by atoms with van der Waals surface area (Å²) in [6.45, 7) is 1.21. The van der Waals surface area contributed by atoms with Gasteiger partial charge in [-0.15, -0.1) is 0 Å². The van der Waals surface area contributed by atoms with E-state index in [0.29, 0.717) is 11.3 Å². The fraction of sp³-hybridized carbons (Fsp3) is 0.615. The summed E-state index contributed by atoms with van der Waals surface area (Å²) < 4.78 is 6.90. The molecule has 0 saturated carbocycles. The van der Waals surface area contributed by atoms with E-state index in [0.717, 1.165) is 0 Å². The van der Waals surface area contributed by atoms with Crippen molar-refractivity contribution in [3.8, 4) is 0 Å². The van der Waals surface area contributed by atoms with Gasteiger partial charge in [0.05, 0.1) is 19.5 Å². The van der Waals surface area contributed by atoms with E-state index in [2.05, 4.69) is 20.3 Å². The smallest absolute Gasteiger partial charge is 0.226 e. The number of aliphatic hydroxyl groups is 4. The molecule has 1 aliphatic rings. The molecule has 10 nitrogen and oxygen atoms in total. The fourth-order valence-corrected chi connectivity index (χ4v) is 2.73. The lowest BCUT2D eigenvalue weighted by Crippen LogP contribution is -2.33. The second kappa shape index (κ2) is 6.75. The van der Waals surface area contributed by atoms with E-state index in [1.165, 1.54) is 10.9 Å². The lowest BCUT2D eigenvalue weighted by Gasteiger charge is -2.17.